The van der Waals surface area contributed by atoms with Crippen molar-refractivity contribution in [3.05, 3.63) is 23.8 Å². The average Bonchev–Trinajstić information content (AvgIpc) is 2.07. The monoisotopic (exact) mass is 239 g/mol. The molecule has 0 aliphatic carbocycles. The molecule has 7 heteroatoms. The molecule has 0 fully saturated rings. The minimum Gasteiger partial charge on any atom is -0.397 e. The normalized spacial score (nSPS) is 12.8. The third-order valence-corrected chi connectivity index (χ3v) is 3.42. The summed E-state index contributed by atoms with van der Waals surface area (Å²) in [5.41, 5.74) is -0.112. The van der Waals surface area contributed by atoms with Gasteiger partial charge in [0.15, 0.2) is 0 Å². The summed E-state index contributed by atoms with van der Waals surface area (Å²) in [5.74, 6) is 0. The van der Waals surface area contributed by atoms with E-state index in [9.17, 15) is 21.6 Å². The molecule has 1 aromatic carbocycles. The van der Waals surface area contributed by atoms with Gasteiger partial charge in [-0.15, -0.1) is 0 Å². The molecular weight excluding hydrogens is 231 g/mol. The topological polar surface area (TPSA) is 60.2 Å². The molecule has 0 aliphatic heterocycles. The maximum atomic E-state index is 12.2. The Labute approximate surface area is 84.6 Å². The number of sulfone groups is 1. The van der Waals surface area contributed by atoms with E-state index in [0.29, 0.717) is 5.56 Å². The van der Waals surface area contributed by atoms with E-state index in [1.54, 1.807) is 0 Å². The number of nitrogens with two attached hydrogens (primary N) is 1. The fourth-order valence-electron chi connectivity index (χ4n) is 1.01. The van der Waals surface area contributed by atoms with Gasteiger partial charge in [0.1, 0.15) is 0 Å². The van der Waals surface area contributed by atoms with Gasteiger partial charge in [-0.25, -0.2) is 8.42 Å². The van der Waals surface area contributed by atoms with E-state index in [1.807, 2.05) is 0 Å². The highest BCUT2D eigenvalue weighted by Gasteiger charge is 2.47. The number of alkyl halides is 3. The van der Waals surface area contributed by atoms with E-state index in [1.165, 1.54) is 19.1 Å². The number of hydrogen-bond donors (Lipinski definition) is 1. The first-order chi connectivity index (χ1) is 6.68. The van der Waals surface area contributed by atoms with Crippen molar-refractivity contribution >= 4 is 15.5 Å². The minimum absolute atomic E-state index is 0.292. The molecule has 0 aromatic heterocycles. The molecule has 0 unspecified atom stereocenters. The number of para-hydroxylation sites is 1. The number of aryl methyl sites for hydroxylation is 1. The summed E-state index contributed by atoms with van der Waals surface area (Å²) in [7, 11) is -5.35. The van der Waals surface area contributed by atoms with Crippen LogP contribution in [0.1, 0.15) is 5.56 Å². The molecule has 15 heavy (non-hydrogen) atoms. The van der Waals surface area contributed by atoms with E-state index in [0.717, 1.165) is 6.07 Å². The van der Waals surface area contributed by atoms with Crippen LogP contribution in [-0.2, 0) is 9.84 Å². The largest absolute Gasteiger partial charge is 0.501 e. The van der Waals surface area contributed by atoms with E-state index >= 15 is 0 Å². The van der Waals surface area contributed by atoms with Crippen LogP contribution in [0, 0.1) is 6.92 Å². The lowest BCUT2D eigenvalue weighted by atomic mass is 10.2. The van der Waals surface area contributed by atoms with Crippen LogP contribution in [0.5, 0.6) is 0 Å². The second kappa shape index (κ2) is 3.41. The van der Waals surface area contributed by atoms with Crippen LogP contribution in [0.4, 0.5) is 18.9 Å². The molecular formula is C8H8F3NO2S. The van der Waals surface area contributed by atoms with Crippen LogP contribution in [-0.4, -0.2) is 13.9 Å². The third-order valence-electron chi connectivity index (χ3n) is 1.88. The minimum atomic E-state index is -5.35. The maximum Gasteiger partial charge on any atom is 0.501 e. The summed E-state index contributed by atoms with van der Waals surface area (Å²) in [6, 6.07) is 3.49. The first-order valence-electron chi connectivity index (χ1n) is 3.84. The number of nitrogen functional groups attached to an aromatic ring is 1. The highest BCUT2D eigenvalue weighted by atomic mass is 32.2. The van der Waals surface area contributed by atoms with Gasteiger partial charge in [-0.2, -0.15) is 13.2 Å². The number of anilines is 1. The van der Waals surface area contributed by atoms with Crippen molar-refractivity contribution in [2.24, 2.45) is 0 Å². The van der Waals surface area contributed by atoms with E-state index in [2.05, 4.69) is 0 Å². The molecule has 0 saturated carbocycles. The summed E-state index contributed by atoms with van der Waals surface area (Å²) in [5, 5.41) is 0. The lowest BCUT2D eigenvalue weighted by Gasteiger charge is -2.11. The molecule has 0 saturated heterocycles. The third kappa shape index (κ3) is 1.92. The first-order valence-corrected chi connectivity index (χ1v) is 5.32. The zero-order chi connectivity index (χ0) is 11.9. The fraction of sp³-hybridized carbons (Fsp3) is 0.250. The number of halogens is 3. The molecule has 0 aliphatic rings. The van der Waals surface area contributed by atoms with Gasteiger partial charge in [0.05, 0.1) is 10.6 Å². The standard InChI is InChI=1S/C8H8F3NO2S/c1-5-3-2-4-6(7(5)12)15(13,14)8(9,10)11/h2-4H,12H2,1H3. The Balaban J connectivity index is 3.49. The van der Waals surface area contributed by atoms with Crippen molar-refractivity contribution in [1.29, 1.82) is 0 Å². The number of benzene rings is 1. The lowest BCUT2D eigenvalue weighted by Crippen LogP contribution is -2.24. The smallest absolute Gasteiger partial charge is 0.397 e. The Bertz CT molecular complexity index is 479. The summed E-state index contributed by atoms with van der Waals surface area (Å²) < 4.78 is 58.6. The van der Waals surface area contributed by atoms with Gasteiger partial charge in [-0.1, -0.05) is 12.1 Å². The quantitative estimate of drug-likeness (QED) is 0.761. The molecule has 1 aromatic rings. The van der Waals surface area contributed by atoms with Crippen molar-refractivity contribution in [2.45, 2.75) is 17.3 Å². The van der Waals surface area contributed by atoms with Gasteiger partial charge < -0.3 is 5.73 Å². The summed E-state index contributed by atoms with van der Waals surface area (Å²) in [6.45, 7) is 1.44. The van der Waals surface area contributed by atoms with E-state index in [4.69, 9.17) is 5.73 Å². The molecule has 0 atom stereocenters. The second-order valence-electron chi connectivity index (χ2n) is 2.94. The molecule has 0 spiro atoms. The predicted molar refractivity (Wildman–Crippen MR) is 48.8 cm³/mol. The highest BCUT2D eigenvalue weighted by molar-refractivity contribution is 7.92. The first kappa shape index (κ1) is 11.8. The van der Waals surface area contributed by atoms with Crippen LogP contribution in [0.25, 0.3) is 0 Å². The fourth-order valence-corrected chi connectivity index (χ4v) is 1.97. The van der Waals surface area contributed by atoms with Crippen molar-refractivity contribution in [2.75, 3.05) is 5.73 Å². The van der Waals surface area contributed by atoms with Crippen LogP contribution >= 0.6 is 0 Å². The Hall–Kier alpha value is -1.24. The van der Waals surface area contributed by atoms with Crippen molar-refractivity contribution < 1.29 is 21.6 Å². The van der Waals surface area contributed by atoms with Gasteiger partial charge in [0.25, 0.3) is 9.84 Å². The van der Waals surface area contributed by atoms with Gasteiger partial charge in [0.2, 0.25) is 0 Å². The zero-order valence-corrected chi connectivity index (χ0v) is 8.48. The molecule has 2 N–H and O–H groups in total. The molecule has 0 amide bonds. The molecule has 0 radical (unpaired) electrons. The van der Waals surface area contributed by atoms with E-state index in [-0.39, 0.29) is 5.69 Å². The highest BCUT2D eigenvalue weighted by Crippen LogP contribution is 2.34. The van der Waals surface area contributed by atoms with E-state index < -0.39 is 20.2 Å². The average molecular weight is 239 g/mol. The lowest BCUT2D eigenvalue weighted by molar-refractivity contribution is -0.0435. The summed E-state index contributed by atoms with van der Waals surface area (Å²) >= 11 is 0. The van der Waals surface area contributed by atoms with Crippen LogP contribution in [0.2, 0.25) is 0 Å². The number of rotatable bonds is 1. The summed E-state index contributed by atoms with van der Waals surface area (Å²) in [6.07, 6.45) is 0. The summed E-state index contributed by atoms with van der Waals surface area (Å²) in [4.78, 5) is -0.894. The zero-order valence-electron chi connectivity index (χ0n) is 7.67. The van der Waals surface area contributed by atoms with Crippen molar-refractivity contribution in [3.63, 3.8) is 0 Å². The van der Waals surface area contributed by atoms with Crippen molar-refractivity contribution in [1.82, 2.24) is 0 Å². The Morgan fingerprint density at radius 2 is 1.80 bits per heavy atom. The van der Waals surface area contributed by atoms with Crippen LogP contribution < -0.4 is 5.73 Å². The Morgan fingerprint density at radius 1 is 1.27 bits per heavy atom. The number of hydrogen-bond acceptors (Lipinski definition) is 3. The van der Waals surface area contributed by atoms with Crippen LogP contribution in [0.3, 0.4) is 0 Å². The predicted octanol–water partition coefficient (Wildman–Crippen LogP) is 1.87. The van der Waals surface area contributed by atoms with Crippen LogP contribution in [0.15, 0.2) is 23.1 Å². The van der Waals surface area contributed by atoms with Crippen molar-refractivity contribution in [3.8, 4) is 0 Å². The second-order valence-corrected chi connectivity index (χ2v) is 4.85. The molecule has 1 rings (SSSR count). The maximum absolute atomic E-state index is 12.2. The van der Waals surface area contributed by atoms with Gasteiger partial charge in [-0.3, -0.25) is 0 Å². The Kier molecular flexibility index (Phi) is 2.69. The molecule has 3 nitrogen and oxygen atoms in total. The SMILES string of the molecule is Cc1cccc(S(=O)(=O)C(F)(F)F)c1N. The molecule has 0 bridgehead atoms. The molecule has 84 valence electrons. The van der Waals surface area contributed by atoms with Gasteiger partial charge in [0, 0.05) is 0 Å². The van der Waals surface area contributed by atoms with Gasteiger partial charge in [-0.05, 0) is 18.6 Å². The Morgan fingerprint density at radius 3 is 2.27 bits per heavy atom. The molecule has 0 heterocycles. The van der Waals surface area contributed by atoms with Gasteiger partial charge >= 0.3 is 5.51 Å².